The minimum Gasteiger partial charge on any atom is -0.466 e. The van der Waals surface area contributed by atoms with Crippen LogP contribution in [0.1, 0.15) is 68.6 Å². The average molecular weight is 571 g/mol. The van der Waals surface area contributed by atoms with Crippen molar-refractivity contribution in [1.82, 2.24) is 19.5 Å². The van der Waals surface area contributed by atoms with Gasteiger partial charge in [-0.2, -0.15) is 4.98 Å². The molecule has 0 aliphatic heterocycles. The highest BCUT2D eigenvalue weighted by Crippen LogP contribution is 2.18. The van der Waals surface area contributed by atoms with Gasteiger partial charge in [0.1, 0.15) is 12.1 Å². The summed E-state index contributed by atoms with van der Waals surface area (Å²) in [7, 11) is 0. The molecular weight excluding hydrogens is 536 g/mol. The molecule has 3 aromatic rings. The molecule has 208 valence electrons. The lowest BCUT2D eigenvalue weighted by Gasteiger charge is -2.13. The van der Waals surface area contributed by atoms with Crippen LogP contribution in [0.2, 0.25) is 5.02 Å². The number of nitrogens with zero attached hydrogens (tertiary/aromatic N) is 4. The van der Waals surface area contributed by atoms with E-state index in [1.165, 1.54) is 23.7 Å². The number of carbonyl (C=O) groups excluding carboxylic acids is 2. The van der Waals surface area contributed by atoms with Crippen molar-refractivity contribution >= 4 is 35.1 Å². The van der Waals surface area contributed by atoms with Crippen LogP contribution in [0.5, 0.6) is 0 Å². The van der Waals surface area contributed by atoms with Gasteiger partial charge in [-0.1, -0.05) is 48.3 Å². The molecule has 2 heterocycles. The van der Waals surface area contributed by atoms with Crippen molar-refractivity contribution in [3.05, 3.63) is 81.3 Å². The third-order valence-corrected chi connectivity index (χ3v) is 7.37. The first-order valence-electron chi connectivity index (χ1n) is 13.3. The summed E-state index contributed by atoms with van der Waals surface area (Å²) in [6.45, 7) is 2.60. The number of benzene rings is 1. The fourth-order valence-electron chi connectivity index (χ4n) is 4.06. The zero-order chi connectivity index (χ0) is 27.9. The zero-order valence-electron chi connectivity index (χ0n) is 22.3. The number of carbonyl (C=O) groups is 2. The average Bonchev–Trinajstić information content (AvgIpc) is 2.93. The molecule has 0 saturated heterocycles. The monoisotopic (exact) mass is 570 g/mol. The normalized spacial score (nSPS) is 10.9. The third-order valence-electron chi connectivity index (χ3n) is 6.07. The number of halogens is 1. The highest BCUT2D eigenvalue weighted by Gasteiger charge is 2.13. The van der Waals surface area contributed by atoms with E-state index in [1.807, 2.05) is 16.7 Å². The predicted octanol–water partition coefficient (Wildman–Crippen LogP) is 5.48. The summed E-state index contributed by atoms with van der Waals surface area (Å²) in [6.07, 6.45) is 13.2. The quantitative estimate of drug-likeness (QED) is 0.0910. The Kier molecular flexibility index (Phi) is 13.2. The van der Waals surface area contributed by atoms with Crippen molar-refractivity contribution in [3.63, 3.8) is 0 Å². The van der Waals surface area contributed by atoms with E-state index < -0.39 is 0 Å². The molecule has 0 N–H and O–H groups in total. The topological polar surface area (TPSA) is 104 Å². The number of unbranched alkanes of at least 4 members (excludes halogenated alkanes) is 3. The Labute approximate surface area is 238 Å². The molecule has 0 aliphatic rings. The summed E-state index contributed by atoms with van der Waals surface area (Å²) in [4.78, 5) is 49.4. The second kappa shape index (κ2) is 16.8. The van der Waals surface area contributed by atoms with Crippen molar-refractivity contribution < 1.29 is 14.3 Å². The van der Waals surface area contributed by atoms with Gasteiger partial charge in [-0.15, -0.1) is 0 Å². The van der Waals surface area contributed by atoms with Crippen LogP contribution in [0, 0.1) is 0 Å². The number of hydrogen-bond donors (Lipinski definition) is 0. The summed E-state index contributed by atoms with van der Waals surface area (Å²) in [5, 5.41) is 1.23. The summed E-state index contributed by atoms with van der Waals surface area (Å²) in [5.41, 5.74) is 2.25. The van der Waals surface area contributed by atoms with Gasteiger partial charge < -0.3 is 9.30 Å². The van der Waals surface area contributed by atoms with Gasteiger partial charge in [0.25, 0.3) is 5.56 Å². The molecule has 0 fully saturated rings. The molecule has 8 nitrogen and oxygen atoms in total. The number of hydrogen-bond acceptors (Lipinski definition) is 8. The van der Waals surface area contributed by atoms with E-state index in [1.54, 1.807) is 25.5 Å². The molecule has 0 saturated carbocycles. The number of rotatable bonds is 17. The van der Waals surface area contributed by atoms with Crippen LogP contribution >= 0.6 is 23.4 Å². The highest BCUT2D eigenvalue weighted by atomic mass is 35.5. The van der Waals surface area contributed by atoms with Crippen molar-refractivity contribution in [2.75, 3.05) is 12.4 Å². The SMILES string of the molecule is CCOC(=O)CCCn1cc(Cc2cncnc2)c(=O)nc1SCC(=O)CCCCCCc1ccc(Cl)cc1. The summed E-state index contributed by atoms with van der Waals surface area (Å²) in [5.74, 6) is 0.127. The van der Waals surface area contributed by atoms with Crippen LogP contribution in [-0.4, -0.2) is 43.6 Å². The van der Waals surface area contributed by atoms with E-state index in [2.05, 4.69) is 27.1 Å². The minimum atomic E-state index is -0.337. The Morgan fingerprint density at radius 2 is 1.72 bits per heavy atom. The van der Waals surface area contributed by atoms with Crippen LogP contribution in [0.4, 0.5) is 0 Å². The fourth-order valence-corrected chi connectivity index (χ4v) is 5.08. The third kappa shape index (κ3) is 11.3. The fraction of sp³-hybridized carbons (Fsp3) is 0.448. The van der Waals surface area contributed by atoms with Gasteiger partial charge in [0.05, 0.1) is 12.4 Å². The maximum Gasteiger partial charge on any atom is 0.305 e. The molecule has 10 heteroatoms. The molecular formula is C29H35ClN4O4S. The number of aromatic nitrogens is 4. The van der Waals surface area contributed by atoms with Crippen LogP contribution in [0.25, 0.3) is 0 Å². The Balaban J connectivity index is 1.50. The Bertz CT molecular complexity index is 1250. The number of aryl methyl sites for hydroxylation is 2. The smallest absolute Gasteiger partial charge is 0.305 e. The molecule has 0 amide bonds. The lowest BCUT2D eigenvalue weighted by molar-refractivity contribution is -0.143. The number of ketones is 1. The maximum absolute atomic E-state index is 12.8. The molecule has 0 atom stereocenters. The first kappa shape index (κ1) is 30.5. The Hall–Kier alpha value is -3.04. The summed E-state index contributed by atoms with van der Waals surface area (Å²) < 4.78 is 6.87. The molecule has 39 heavy (non-hydrogen) atoms. The van der Waals surface area contributed by atoms with E-state index in [0.29, 0.717) is 43.1 Å². The largest absolute Gasteiger partial charge is 0.466 e. The van der Waals surface area contributed by atoms with Gasteiger partial charge >= 0.3 is 5.97 Å². The van der Waals surface area contributed by atoms with Crippen LogP contribution in [0.3, 0.4) is 0 Å². The van der Waals surface area contributed by atoms with Gasteiger partial charge in [-0.05, 0) is 55.9 Å². The van der Waals surface area contributed by atoms with E-state index in [0.717, 1.165) is 42.7 Å². The van der Waals surface area contributed by atoms with Gasteiger partial charge in [-0.25, -0.2) is 9.97 Å². The van der Waals surface area contributed by atoms with Crippen molar-refractivity contribution in [2.45, 2.75) is 76.4 Å². The second-order valence-electron chi connectivity index (χ2n) is 9.25. The van der Waals surface area contributed by atoms with Gasteiger partial charge in [-0.3, -0.25) is 14.4 Å². The first-order chi connectivity index (χ1) is 18.9. The molecule has 1 aromatic carbocycles. The van der Waals surface area contributed by atoms with Gasteiger partial charge in [0.2, 0.25) is 0 Å². The highest BCUT2D eigenvalue weighted by molar-refractivity contribution is 7.99. The number of thioether (sulfide) groups is 1. The molecule has 0 unspecified atom stereocenters. The van der Waals surface area contributed by atoms with Crippen LogP contribution in [-0.2, 0) is 33.7 Å². The van der Waals surface area contributed by atoms with Crippen molar-refractivity contribution in [3.8, 4) is 0 Å². The van der Waals surface area contributed by atoms with Gasteiger partial charge in [0, 0.05) is 55.0 Å². The Morgan fingerprint density at radius 1 is 0.974 bits per heavy atom. The van der Waals surface area contributed by atoms with E-state index in [4.69, 9.17) is 16.3 Å². The number of esters is 1. The van der Waals surface area contributed by atoms with Crippen molar-refractivity contribution in [1.29, 1.82) is 0 Å². The summed E-state index contributed by atoms with van der Waals surface area (Å²) in [6, 6.07) is 7.92. The zero-order valence-corrected chi connectivity index (χ0v) is 23.9. The van der Waals surface area contributed by atoms with E-state index in [-0.39, 0.29) is 29.5 Å². The predicted molar refractivity (Wildman–Crippen MR) is 153 cm³/mol. The molecule has 0 radical (unpaired) electrons. The molecule has 0 spiro atoms. The number of ether oxygens (including phenoxy) is 1. The molecule has 0 aliphatic carbocycles. The molecule has 0 bridgehead atoms. The first-order valence-corrected chi connectivity index (χ1v) is 14.7. The lowest BCUT2D eigenvalue weighted by atomic mass is 10.0. The molecule has 3 rings (SSSR count). The maximum atomic E-state index is 12.8. The number of Topliss-reactive ketones (excluding diaryl/α,β-unsaturated/α-hetero) is 1. The minimum absolute atomic E-state index is 0.135. The second-order valence-corrected chi connectivity index (χ2v) is 10.6. The Morgan fingerprint density at radius 3 is 2.46 bits per heavy atom. The van der Waals surface area contributed by atoms with Crippen LogP contribution < -0.4 is 5.56 Å². The van der Waals surface area contributed by atoms with Crippen molar-refractivity contribution in [2.24, 2.45) is 0 Å². The van der Waals surface area contributed by atoms with E-state index in [9.17, 15) is 14.4 Å². The molecule has 2 aromatic heterocycles. The van der Waals surface area contributed by atoms with Crippen LogP contribution in [0.15, 0.2) is 59.1 Å². The van der Waals surface area contributed by atoms with Gasteiger partial charge in [0.15, 0.2) is 5.16 Å². The standard InChI is InChI=1S/C29H35ClN4O4S/c1-2-38-27(36)10-7-15-34-19-24(16-23-17-31-21-32-18-23)28(37)33-29(34)39-20-26(35)9-6-4-3-5-8-22-11-13-25(30)14-12-22/h11-14,17-19,21H,2-10,15-16,20H2,1H3. The lowest BCUT2D eigenvalue weighted by Crippen LogP contribution is -2.21. The summed E-state index contributed by atoms with van der Waals surface area (Å²) >= 11 is 7.20. The van der Waals surface area contributed by atoms with E-state index >= 15 is 0 Å².